The Kier molecular flexibility index (Phi) is 4.27. The first-order valence-corrected chi connectivity index (χ1v) is 7.13. The minimum atomic E-state index is -4.57. The van der Waals surface area contributed by atoms with E-state index in [1.54, 1.807) is 4.72 Å². The van der Waals surface area contributed by atoms with Crippen LogP contribution in [0.5, 0.6) is 0 Å². The lowest BCUT2D eigenvalue weighted by Crippen LogP contribution is -2.52. The highest BCUT2D eigenvalue weighted by molar-refractivity contribution is 7.87. The van der Waals surface area contributed by atoms with Crippen LogP contribution in [0.1, 0.15) is 6.23 Å². The second-order valence-electron chi connectivity index (χ2n) is 4.35. The second kappa shape index (κ2) is 5.67. The molecule has 5 N–H and O–H groups in total. The Morgan fingerprint density at radius 3 is 2.57 bits per heavy atom. The fourth-order valence-electron chi connectivity index (χ4n) is 1.83. The van der Waals surface area contributed by atoms with Crippen LogP contribution >= 0.6 is 0 Å². The number of hydrogen-bond acceptors (Lipinski definition) is 8. The number of nitrogens with zero attached hydrogens (tertiary/aromatic N) is 2. The van der Waals surface area contributed by atoms with Gasteiger partial charge in [-0.2, -0.15) is 13.4 Å². The van der Waals surface area contributed by atoms with E-state index < -0.39 is 46.4 Å². The van der Waals surface area contributed by atoms with E-state index in [9.17, 15) is 28.5 Å². The minimum absolute atomic E-state index is 0.305. The van der Waals surface area contributed by atoms with Gasteiger partial charge in [-0.05, 0) is 6.07 Å². The van der Waals surface area contributed by atoms with Gasteiger partial charge >= 0.3 is 16.0 Å². The summed E-state index contributed by atoms with van der Waals surface area (Å²) in [5.41, 5.74) is -0.990. The molecular formula is C9H13N3O8S. The van der Waals surface area contributed by atoms with E-state index in [4.69, 9.17) is 9.29 Å². The van der Waals surface area contributed by atoms with Gasteiger partial charge in [-0.15, -0.1) is 0 Å². The number of rotatable bonds is 3. The summed E-state index contributed by atoms with van der Waals surface area (Å²) < 4.78 is 37.2. The third kappa shape index (κ3) is 3.55. The van der Waals surface area contributed by atoms with Crippen molar-refractivity contribution in [2.75, 3.05) is 11.3 Å². The van der Waals surface area contributed by atoms with E-state index >= 15 is 0 Å². The summed E-state index contributed by atoms with van der Waals surface area (Å²) >= 11 is 0. The number of aromatic nitrogens is 2. The lowest BCUT2D eigenvalue weighted by Gasteiger charge is -2.35. The quantitative estimate of drug-likeness (QED) is 0.365. The van der Waals surface area contributed by atoms with Gasteiger partial charge in [-0.25, -0.2) is 9.52 Å². The van der Waals surface area contributed by atoms with Crippen molar-refractivity contribution in [1.29, 1.82) is 0 Å². The maximum Gasteiger partial charge on any atom is 0.358 e. The summed E-state index contributed by atoms with van der Waals surface area (Å²) in [5, 5.41) is 28.6. The third-order valence-corrected chi connectivity index (χ3v) is 3.28. The van der Waals surface area contributed by atoms with Crippen molar-refractivity contribution in [2.24, 2.45) is 0 Å². The van der Waals surface area contributed by atoms with Gasteiger partial charge in [0.05, 0.1) is 6.61 Å². The summed E-state index contributed by atoms with van der Waals surface area (Å²) in [5.74, 6) is -0.426. The molecule has 1 saturated heterocycles. The monoisotopic (exact) mass is 323 g/mol. The van der Waals surface area contributed by atoms with Gasteiger partial charge in [-0.1, -0.05) is 0 Å². The van der Waals surface area contributed by atoms with Crippen LogP contribution in [0.4, 0.5) is 5.82 Å². The predicted octanol–water partition coefficient (Wildman–Crippen LogP) is -2.93. The van der Waals surface area contributed by atoms with Gasteiger partial charge in [0.25, 0.3) is 0 Å². The first-order chi connectivity index (χ1) is 9.69. The molecular weight excluding hydrogens is 310 g/mol. The van der Waals surface area contributed by atoms with E-state index in [-0.39, 0.29) is 6.61 Å². The van der Waals surface area contributed by atoms with Gasteiger partial charge < -0.3 is 20.1 Å². The largest absolute Gasteiger partial charge is 0.388 e. The van der Waals surface area contributed by atoms with Crippen LogP contribution in [0.2, 0.25) is 0 Å². The maximum atomic E-state index is 11.8. The van der Waals surface area contributed by atoms with Crippen molar-refractivity contribution in [3.05, 3.63) is 22.7 Å². The summed E-state index contributed by atoms with van der Waals surface area (Å²) in [6.45, 7) is -0.305. The number of aliphatic hydroxyl groups is 3. The average Bonchev–Trinajstić information content (AvgIpc) is 2.36. The molecule has 118 valence electrons. The molecule has 12 heteroatoms. The van der Waals surface area contributed by atoms with Crippen LogP contribution in [0, 0.1) is 0 Å². The molecule has 4 atom stereocenters. The van der Waals surface area contributed by atoms with E-state index in [1.807, 2.05) is 0 Å². The first-order valence-electron chi connectivity index (χ1n) is 5.69. The molecule has 11 nitrogen and oxygen atoms in total. The van der Waals surface area contributed by atoms with Crippen LogP contribution in [0.15, 0.2) is 17.1 Å². The third-order valence-electron chi connectivity index (χ3n) is 2.81. The van der Waals surface area contributed by atoms with Crippen LogP contribution in [-0.2, 0) is 15.0 Å². The summed E-state index contributed by atoms with van der Waals surface area (Å²) in [6.07, 6.45) is -4.61. The number of nitrogens with one attached hydrogen (secondary N) is 1. The maximum absolute atomic E-state index is 11.8. The summed E-state index contributed by atoms with van der Waals surface area (Å²) in [7, 11) is -4.57. The first kappa shape index (κ1) is 15.8. The van der Waals surface area contributed by atoms with Gasteiger partial charge in [0.1, 0.15) is 24.1 Å². The molecule has 2 rings (SSSR count). The number of ether oxygens (including phenoxy) is 1. The Morgan fingerprint density at radius 2 is 2.00 bits per heavy atom. The van der Waals surface area contributed by atoms with Gasteiger partial charge in [0, 0.05) is 6.20 Å². The number of anilines is 1. The molecule has 0 aromatic carbocycles. The standard InChI is InChI=1S/C9H13N3O8S/c13-4-3-20-8(7(15)6(4)14)12-2-1-5(10-9(12)16)11-21(17,18)19/h1-2,4,6-8,13-15H,3H2,(H,10,11,16)(H,17,18,19)/t4-,6-,7+,8?/m1/s1. The topological polar surface area (TPSA) is 171 Å². The van der Waals surface area contributed by atoms with Crippen LogP contribution in [0.3, 0.4) is 0 Å². The van der Waals surface area contributed by atoms with Crippen LogP contribution in [-0.4, -0.2) is 62.8 Å². The fourth-order valence-corrected chi connectivity index (χ4v) is 2.21. The van der Waals surface area contributed by atoms with Crippen LogP contribution in [0.25, 0.3) is 0 Å². The average molecular weight is 323 g/mol. The molecule has 1 aliphatic rings. The van der Waals surface area contributed by atoms with E-state index in [0.717, 1.165) is 16.8 Å². The number of aliphatic hydroxyl groups excluding tert-OH is 3. The van der Waals surface area contributed by atoms with Gasteiger partial charge in [0.2, 0.25) is 0 Å². The summed E-state index contributed by atoms with van der Waals surface area (Å²) in [6, 6.07) is 1.04. The Bertz CT molecular complexity index is 674. The fraction of sp³-hybridized carbons (Fsp3) is 0.556. The highest BCUT2D eigenvalue weighted by Crippen LogP contribution is 2.22. The molecule has 1 fully saturated rings. The van der Waals surface area contributed by atoms with E-state index in [1.165, 1.54) is 0 Å². The van der Waals surface area contributed by atoms with Gasteiger partial charge in [-0.3, -0.25) is 9.12 Å². The molecule has 0 spiro atoms. The zero-order valence-corrected chi connectivity index (χ0v) is 11.2. The Morgan fingerprint density at radius 1 is 1.33 bits per heavy atom. The molecule has 0 radical (unpaired) electrons. The molecule has 0 aliphatic carbocycles. The second-order valence-corrected chi connectivity index (χ2v) is 5.51. The van der Waals surface area contributed by atoms with Crippen LogP contribution < -0.4 is 10.4 Å². The van der Waals surface area contributed by atoms with E-state index in [0.29, 0.717) is 0 Å². The summed E-state index contributed by atoms with van der Waals surface area (Å²) in [4.78, 5) is 15.1. The lowest BCUT2D eigenvalue weighted by molar-refractivity contribution is -0.212. The molecule has 2 heterocycles. The smallest absolute Gasteiger partial charge is 0.358 e. The molecule has 1 aromatic heterocycles. The molecule has 1 aromatic rings. The zero-order chi connectivity index (χ0) is 15.8. The normalized spacial score (nSPS) is 30.1. The molecule has 1 unspecified atom stereocenters. The lowest BCUT2D eigenvalue weighted by atomic mass is 10.0. The molecule has 1 aliphatic heterocycles. The van der Waals surface area contributed by atoms with Gasteiger partial charge in [0.15, 0.2) is 6.23 Å². The van der Waals surface area contributed by atoms with Crippen molar-refractivity contribution in [2.45, 2.75) is 24.5 Å². The Labute approximate surface area is 118 Å². The predicted molar refractivity (Wildman–Crippen MR) is 66.7 cm³/mol. The minimum Gasteiger partial charge on any atom is -0.388 e. The van der Waals surface area contributed by atoms with Crippen molar-refractivity contribution >= 4 is 16.1 Å². The Hall–Kier alpha value is -1.57. The number of hydrogen-bond donors (Lipinski definition) is 5. The van der Waals surface area contributed by atoms with E-state index in [2.05, 4.69) is 4.98 Å². The Balaban J connectivity index is 2.27. The van der Waals surface area contributed by atoms with Crippen molar-refractivity contribution in [3.8, 4) is 0 Å². The SMILES string of the molecule is O=c1nc(NS(=O)(=O)O)ccn1C1OC[C@@H](O)[C@@H](O)[C@@H]1O. The van der Waals surface area contributed by atoms with Crippen molar-refractivity contribution in [1.82, 2.24) is 9.55 Å². The highest BCUT2D eigenvalue weighted by atomic mass is 32.2. The van der Waals surface area contributed by atoms with Crippen molar-refractivity contribution in [3.63, 3.8) is 0 Å². The molecule has 0 bridgehead atoms. The van der Waals surface area contributed by atoms with Crippen molar-refractivity contribution < 1.29 is 33.0 Å². The zero-order valence-electron chi connectivity index (χ0n) is 10.4. The molecule has 0 amide bonds. The molecule has 0 saturated carbocycles. The highest BCUT2D eigenvalue weighted by Gasteiger charge is 2.39. The molecule has 21 heavy (non-hydrogen) atoms.